The van der Waals surface area contributed by atoms with Crippen LogP contribution in [0.2, 0.25) is 0 Å². The van der Waals surface area contributed by atoms with Crippen molar-refractivity contribution in [2.75, 3.05) is 6.54 Å². The third-order valence-electron chi connectivity index (χ3n) is 2.59. The van der Waals surface area contributed by atoms with Gasteiger partial charge in [0.1, 0.15) is 6.04 Å². The lowest BCUT2D eigenvalue weighted by Crippen LogP contribution is -2.30. The molecule has 0 radical (unpaired) electrons. The Morgan fingerprint density at radius 2 is 2.00 bits per heavy atom. The molecule has 0 aliphatic carbocycles. The quantitative estimate of drug-likeness (QED) is 0.210. The van der Waals surface area contributed by atoms with Gasteiger partial charge in [-0.15, -0.1) is 12.5 Å². The van der Waals surface area contributed by atoms with Crippen molar-refractivity contribution >= 4 is 0 Å². The first kappa shape index (κ1) is 15.6. The van der Waals surface area contributed by atoms with Crippen molar-refractivity contribution in [1.29, 1.82) is 5.26 Å². The minimum Gasteiger partial charge on any atom is -0.292 e. The Bertz CT molecular complexity index is 290. The van der Waals surface area contributed by atoms with Crippen LogP contribution in [0.5, 0.6) is 0 Å². The molecule has 0 bridgehead atoms. The van der Waals surface area contributed by atoms with Crippen LogP contribution in [0.15, 0.2) is 12.7 Å². The van der Waals surface area contributed by atoms with E-state index < -0.39 is 0 Å². The summed E-state index contributed by atoms with van der Waals surface area (Å²) in [6, 6.07) is 0.0646. The van der Waals surface area contributed by atoms with Crippen LogP contribution in [0, 0.1) is 23.3 Å². The third kappa shape index (κ3) is 7.47. The van der Waals surface area contributed by atoms with Gasteiger partial charge in [-0.05, 0) is 12.8 Å². The highest BCUT2D eigenvalue weighted by molar-refractivity contribution is 5.10. The van der Waals surface area contributed by atoms with Gasteiger partial charge in [0.15, 0.2) is 6.19 Å². The van der Waals surface area contributed by atoms with Crippen molar-refractivity contribution in [3.8, 4) is 18.0 Å². The van der Waals surface area contributed by atoms with E-state index in [0.717, 1.165) is 32.1 Å². The van der Waals surface area contributed by atoms with Crippen molar-refractivity contribution in [2.45, 2.75) is 58.4 Å². The van der Waals surface area contributed by atoms with Crippen LogP contribution in [-0.2, 0) is 0 Å². The summed E-state index contributed by atoms with van der Waals surface area (Å²) >= 11 is 0. The molecule has 0 aromatic carbocycles. The molecule has 0 amide bonds. The van der Waals surface area contributed by atoms with Crippen LogP contribution in [0.3, 0.4) is 0 Å². The minimum absolute atomic E-state index is 0.0646. The first-order valence-electron chi connectivity index (χ1n) is 6.55. The summed E-state index contributed by atoms with van der Waals surface area (Å²) in [5.41, 5.74) is 0. The summed E-state index contributed by atoms with van der Waals surface area (Å²) in [4.78, 5) is 1.72. The number of unbranched alkanes of at least 4 members (excludes halogenated alkanes) is 3. The average Bonchev–Trinajstić information content (AvgIpc) is 2.35. The first-order valence-corrected chi connectivity index (χ1v) is 6.55. The maximum atomic E-state index is 9.09. The second-order valence-electron chi connectivity index (χ2n) is 4.12. The lowest BCUT2D eigenvalue weighted by Gasteiger charge is -2.20. The van der Waals surface area contributed by atoms with Crippen molar-refractivity contribution in [2.24, 2.45) is 0 Å². The second-order valence-corrected chi connectivity index (χ2v) is 4.12. The van der Waals surface area contributed by atoms with Crippen LogP contribution in [0.25, 0.3) is 0 Å². The predicted octanol–water partition coefficient (Wildman–Crippen LogP) is 3.71. The molecule has 0 aliphatic rings. The zero-order valence-corrected chi connectivity index (χ0v) is 11.2. The molecule has 1 atom stereocenters. The second kappa shape index (κ2) is 11.1. The fraction of sp³-hybridized carbons (Fsp3) is 0.667. The van der Waals surface area contributed by atoms with Crippen molar-refractivity contribution in [1.82, 2.24) is 4.90 Å². The zero-order chi connectivity index (χ0) is 12.9. The number of nitrogens with zero attached hydrogens (tertiary/aromatic N) is 2. The molecule has 0 saturated carbocycles. The maximum absolute atomic E-state index is 9.09. The van der Waals surface area contributed by atoms with Gasteiger partial charge in [-0.1, -0.05) is 45.1 Å². The highest BCUT2D eigenvalue weighted by Crippen LogP contribution is 2.08. The van der Waals surface area contributed by atoms with E-state index in [1.54, 1.807) is 11.0 Å². The normalized spacial score (nSPS) is 10.9. The molecule has 0 fully saturated rings. The lowest BCUT2D eigenvalue weighted by molar-refractivity contribution is 0.352. The van der Waals surface area contributed by atoms with Gasteiger partial charge in [-0.2, -0.15) is 5.26 Å². The molecule has 0 rings (SSSR count). The van der Waals surface area contributed by atoms with E-state index >= 15 is 0 Å². The van der Waals surface area contributed by atoms with Crippen molar-refractivity contribution < 1.29 is 0 Å². The number of hydrogen-bond donors (Lipinski definition) is 0. The van der Waals surface area contributed by atoms with Crippen LogP contribution in [0.1, 0.15) is 52.4 Å². The molecule has 0 aromatic rings. The van der Waals surface area contributed by atoms with Gasteiger partial charge in [0.25, 0.3) is 0 Å². The largest absolute Gasteiger partial charge is 0.292 e. The topological polar surface area (TPSA) is 27.0 Å². The van der Waals surface area contributed by atoms with Crippen LogP contribution in [0.4, 0.5) is 0 Å². The van der Waals surface area contributed by atoms with E-state index in [4.69, 9.17) is 5.26 Å². The smallest absolute Gasteiger partial charge is 0.180 e. The van der Waals surface area contributed by atoms with E-state index in [9.17, 15) is 0 Å². The Morgan fingerprint density at radius 1 is 1.29 bits per heavy atom. The minimum atomic E-state index is 0.0646. The van der Waals surface area contributed by atoms with Crippen LogP contribution >= 0.6 is 0 Å². The summed E-state index contributed by atoms with van der Waals surface area (Å²) in [6.07, 6.45) is 10.4. The van der Waals surface area contributed by atoms with Crippen molar-refractivity contribution in [3.63, 3.8) is 0 Å². The monoisotopic (exact) mass is 232 g/mol. The molecule has 17 heavy (non-hydrogen) atoms. The van der Waals surface area contributed by atoms with E-state index in [0.29, 0.717) is 6.54 Å². The first-order chi connectivity index (χ1) is 8.29. The highest BCUT2D eigenvalue weighted by atomic mass is 15.1. The molecular weight excluding hydrogens is 208 g/mol. The van der Waals surface area contributed by atoms with E-state index in [-0.39, 0.29) is 6.04 Å². The summed E-state index contributed by atoms with van der Waals surface area (Å²) in [7, 11) is 0. The fourth-order valence-corrected chi connectivity index (χ4v) is 1.54. The fourth-order valence-electron chi connectivity index (χ4n) is 1.54. The number of hydrogen-bond acceptors (Lipinski definition) is 2. The number of rotatable bonds is 8. The number of nitriles is 1. The molecule has 0 aliphatic heterocycles. The summed E-state index contributed by atoms with van der Waals surface area (Å²) in [6.45, 7) is 8.59. The van der Waals surface area contributed by atoms with Crippen molar-refractivity contribution in [3.05, 3.63) is 12.7 Å². The molecule has 0 spiro atoms. The molecule has 2 nitrogen and oxygen atoms in total. The Hall–Kier alpha value is -1.41. The Morgan fingerprint density at radius 3 is 2.53 bits per heavy atom. The average molecular weight is 232 g/mol. The highest BCUT2D eigenvalue weighted by Gasteiger charge is 2.12. The van der Waals surface area contributed by atoms with Gasteiger partial charge < -0.3 is 0 Å². The van der Waals surface area contributed by atoms with Gasteiger partial charge in [-0.25, -0.2) is 0 Å². The lowest BCUT2D eigenvalue weighted by atomic mass is 10.1. The van der Waals surface area contributed by atoms with E-state index in [1.807, 2.05) is 0 Å². The van der Waals surface area contributed by atoms with E-state index in [2.05, 4.69) is 38.5 Å². The standard InChI is InChI=1S/C15H24N2/c1-4-7-9-10-12-15(11-8-5-2)17(14-16)13-6-3/h6,15H,3-5,7-9,11,13H2,1-2H3. The van der Waals surface area contributed by atoms with Gasteiger partial charge in [0, 0.05) is 13.0 Å². The molecule has 2 heteroatoms. The van der Waals surface area contributed by atoms with E-state index in [1.165, 1.54) is 6.42 Å². The Kier molecular flexibility index (Phi) is 10.2. The third-order valence-corrected chi connectivity index (χ3v) is 2.59. The zero-order valence-electron chi connectivity index (χ0n) is 11.2. The molecule has 0 heterocycles. The summed E-state index contributed by atoms with van der Waals surface area (Å²) in [5, 5.41) is 9.09. The molecule has 0 N–H and O–H groups in total. The maximum Gasteiger partial charge on any atom is 0.180 e. The molecule has 0 aromatic heterocycles. The Balaban J connectivity index is 4.42. The van der Waals surface area contributed by atoms with Crippen LogP contribution in [-0.4, -0.2) is 17.5 Å². The SMILES string of the molecule is C=CCN(C#N)C(C#CCCCC)CCCC. The predicted molar refractivity (Wildman–Crippen MR) is 73.1 cm³/mol. The molecular formula is C15H24N2. The molecule has 0 saturated heterocycles. The van der Waals surface area contributed by atoms with Gasteiger partial charge in [0.05, 0.1) is 0 Å². The summed E-state index contributed by atoms with van der Waals surface area (Å²) < 4.78 is 0. The van der Waals surface area contributed by atoms with Gasteiger partial charge in [0.2, 0.25) is 0 Å². The summed E-state index contributed by atoms with van der Waals surface area (Å²) in [5.74, 6) is 6.42. The molecule has 94 valence electrons. The molecule has 1 unspecified atom stereocenters. The van der Waals surface area contributed by atoms with Gasteiger partial charge in [-0.3, -0.25) is 4.90 Å². The van der Waals surface area contributed by atoms with Gasteiger partial charge >= 0.3 is 0 Å². The Labute approximate surface area is 106 Å². The van der Waals surface area contributed by atoms with Crippen LogP contribution < -0.4 is 0 Å².